The van der Waals surface area contributed by atoms with E-state index in [9.17, 15) is 8.42 Å². The first-order valence-corrected chi connectivity index (χ1v) is 7.85. The second-order valence-corrected chi connectivity index (χ2v) is 6.57. The standard InChI is InChI=1S/C12H20N4O2S/c1-10-4-5-14-8-12(10)15-19(17,18)16-6-2-3-11(7-13)9-16/h4-5,8,11,15H,2-3,6-7,9,13H2,1H3. The molecule has 0 amide bonds. The summed E-state index contributed by atoms with van der Waals surface area (Å²) >= 11 is 0. The van der Waals surface area contributed by atoms with Crippen molar-refractivity contribution in [1.82, 2.24) is 9.29 Å². The summed E-state index contributed by atoms with van der Waals surface area (Å²) in [5, 5.41) is 0. The van der Waals surface area contributed by atoms with E-state index in [-0.39, 0.29) is 5.92 Å². The highest BCUT2D eigenvalue weighted by atomic mass is 32.2. The number of hydrogen-bond acceptors (Lipinski definition) is 4. The number of rotatable bonds is 4. The zero-order valence-electron chi connectivity index (χ0n) is 11.0. The third-order valence-corrected chi connectivity index (χ3v) is 4.92. The quantitative estimate of drug-likeness (QED) is 0.852. The van der Waals surface area contributed by atoms with Crippen LogP contribution in [0.2, 0.25) is 0 Å². The minimum atomic E-state index is -3.51. The van der Waals surface area contributed by atoms with E-state index < -0.39 is 10.2 Å². The number of aromatic nitrogens is 1. The Morgan fingerprint density at radius 3 is 3.05 bits per heavy atom. The summed E-state index contributed by atoms with van der Waals surface area (Å²) in [5.41, 5.74) is 7.01. The molecule has 0 spiro atoms. The summed E-state index contributed by atoms with van der Waals surface area (Å²) in [5.74, 6) is 0.250. The molecule has 1 aromatic heterocycles. The Labute approximate surface area is 114 Å². The first kappa shape index (κ1) is 14.2. The second kappa shape index (κ2) is 5.85. The van der Waals surface area contributed by atoms with Gasteiger partial charge in [0.25, 0.3) is 0 Å². The molecule has 0 saturated carbocycles. The van der Waals surface area contributed by atoms with Crippen molar-refractivity contribution in [3.8, 4) is 0 Å². The minimum absolute atomic E-state index is 0.250. The van der Waals surface area contributed by atoms with E-state index >= 15 is 0 Å². The fourth-order valence-corrected chi connectivity index (χ4v) is 3.61. The van der Waals surface area contributed by atoms with Gasteiger partial charge in [0.05, 0.1) is 11.9 Å². The van der Waals surface area contributed by atoms with Crippen molar-refractivity contribution < 1.29 is 8.42 Å². The topological polar surface area (TPSA) is 88.3 Å². The summed E-state index contributed by atoms with van der Waals surface area (Å²) in [7, 11) is -3.51. The van der Waals surface area contributed by atoms with Gasteiger partial charge in [-0.1, -0.05) is 0 Å². The van der Waals surface area contributed by atoms with Gasteiger partial charge in [-0.05, 0) is 43.9 Å². The SMILES string of the molecule is Cc1ccncc1NS(=O)(=O)N1CCCC(CN)C1. The molecule has 19 heavy (non-hydrogen) atoms. The van der Waals surface area contributed by atoms with Gasteiger partial charge in [0.1, 0.15) is 0 Å². The summed E-state index contributed by atoms with van der Waals surface area (Å²) in [6, 6.07) is 1.77. The van der Waals surface area contributed by atoms with Crippen molar-refractivity contribution in [2.75, 3.05) is 24.4 Å². The van der Waals surface area contributed by atoms with E-state index in [1.54, 1.807) is 12.3 Å². The predicted molar refractivity (Wildman–Crippen MR) is 74.9 cm³/mol. The van der Waals surface area contributed by atoms with E-state index in [4.69, 9.17) is 5.73 Å². The first-order chi connectivity index (χ1) is 9.03. The number of nitrogens with zero attached hydrogens (tertiary/aromatic N) is 2. The van der Waals surface area contributed by atoms with E-state index in [1.807, 2.05) is 6.92 Å². The number of nitrogens with two attached hydrogens (primary N) is 1. The van der Waals surface area contributed by atoms with Gasteiger partial charge in [0, 0.05) is 19.3 Å². The molecule has 7 heteroatoms. The molecule has 0 aromatic carbocycles. The lowest BCUT2D eigenvalue weighted by atomic mass is 10.0. The highest BCUT2D eigenvalue weighted by Crippen LogP contribution is 2.21. The summed E-state index contributed by atoms with van der Waals surface area (Å²) in [4.78, 5) is 3.94. The van der Waals surface area contributed by atoms with Crippen LogP contribution in [0.1, 0.15) is 18.4 Å². The number of hydrogen-bond donors (Lipinski definition) is 2. The van der Waals surface area contributed by atoms with Crippen LogP contribution in [0.3, 0.4) is 0 Å². The lowest BCUT2D eigenvalue weighted by Gasteiger charge is -2.31. The van der Waals surface area contributed by atoms with Crippen LogP contribution >= 0.6 is 0 Å². The summed E-state index contributed by atoms with van der Waals surface area (Å²) < 4.78 is 28.7. The Hall–Kier alpha value is -1.18. The van der Waals surface area contributed by atoms with Crippen LogP contribution in [0, 0.1) is 12.8 Å². The van der Waals surface area contributed by atoms with Crippen LogP contribution in [0.4, 0.5) is 5.69 Å². The molecule has 1 aliphatic heterocycles. The van der Waals surface area contributed by atoms with E-state index in [2.05, 4.69) is 9.71 Å². The van der Waals surface area contributed by atoms with E-state index in [0.717, 1.165) is 18.4 Å². The average molecular weight is 284 g/mol. The van der Waals surface area contributed by atoms with Gasteiger partial charge in [0.2, 0.25) is 0 Å². The maximum atomic E-state index is 12.3. The van der Waals surface area contributed by atoms with Crippen molar-refractivity contribution in [3.63, 3.8) is 0 Å². The molecule has 0 bridgehead atoms. The Balaban J connectivity index is 2.12. The monoisotopic (exact) mass is 284 g/mol. The molecule has 0 radical (unpaired) electrons. The van der Waals surface area contributed by atoms with Gasteiger partial charge in [-0.15, -0.1) is 0 Å². The third kappa shape index (κ3) is 3.43. The third-order valence-electron chi connectivity index (χ3n) is 3.43. The Morgan fingerprint density at radius 2 is 2.37 bits per heavy atom. The maximum Gasteiger partial charge on any atom is 0.301 e. The van der Waals surface area contributed by atoms with Crippen LogP contribution in [-0.2, 0) is 10.2 Å². The van der Waals surface area contributed by atoms with Crippen LogP contribution in [0.25, 0.3) is 0 Å². The fourth-order valence-electron chi connectivity index (χ4n) is 2.21. The molecule has 6 nitrogen and oxygen atoms in total. The number of pyridine rings is 1. The van der Waals surface area contributed by atoms with Gasteiger partial charge in [-0.25, -0.2) is 0 Å². The lowest BCUT2D eigenvalue weighted by Crippen LogP contribution is -2.44. The molecular formula is C12H20N4O2S. The lowest BCUT2D eigenvalue weighted by molar-refractivity contribution is 0.273. The van der Waals surface area contributed by atoms with Gasteiger partial charge in [0.15, 0.2) is 0 Å². The molecule has 1 fully saturated rings. The second-order valence-electron chi connectivity index (χ2n) is 4.90. The normalized spacial score (nSPS) is 21.3. The Kier molecular flexibility index (Phi) is 4.38. The molecule has 2 heterocycles. The Morgan fingerprint density at radius 1 is 1.58 bits per heavy atom. The number of nitrogens with one attached hydrogen (secondary N) is 1. The van der Waals surface area contributed by atoms with E-state index in [0.29, 0.717) is 25.3 Å². The number of anilines is 1. The number of aryl methyl sites for hydroxylation is 1. The number of piperidine rings is 1. The van der Waals surface area contributed by atoms with E-state index in [1.165, 1.54) is 10.5 Å². The van der Waals surface area contributed by atoms with Crippen molar-refractivity contribution in [2.45, 2.75) is 19.8 Å². The van der Waals surface area contributed by atoms with Crippen molar-refractivity contribution >= 4 is 15.9 Å². The molecule has 0 aliphatic carbocycles. The molecule has 1 aromatic rings. The molecule has 1 atom stereocenters. The van der Waals surface area contributed by atoms with Gasteiger partial charge >= 0.3 is 10.2 Å². The molecule has 1 aliphatic rings. The van der Waals surface area contributed by atoms with Gasteiger partial charge < -0.3 is 5.73 Å². The minimum Gasteiger partial charge on any atom is -0.330 e. The highest BCUT2D eigenvalue weighted by Gasteiger charge is 2.28. The van der Waals surface area contributed by atoms with Crippen LogP contribution in [-0.4, -0.2) is 37.3 Å². The Bertz CT molecular complexity index is 532. The van der Waals surface area contributed by atoms with Crippen LogP contribution < -0.4 is 10.5 Å². The van der Waals surface area contributed by atoms with Crippen molar-refractivity contribution in [1.29, 1.82) is 0 Å². The molecular weight excluding hydrogens is 264 g/mol. The largest absolute Gasteiger partial charge is 0.330 e. The van der Waals surface area contributed by atoms with Gasteiger partial charge in [-0.3, -0.25) is 9.71 Å². The molecule has 106 valence electrons. The zero-order chi connectivity index (χ0) is 13.9. The summed E-state index contributed by atoms with van der Waals surface area (Å²) in [6.45, 7) is 3.41. The van der Waals surface area contributed by atoms with Crippen molar-refractivity contribution in [3.05, 3.63) is 24.0 Å². The van der Waals surface area contributed by atoms with Crippen LogP contribution in [0.5, 0.6) is 0 Å². The first-order valence-electron chi connectivity index (χ1n) is 6.41. The molecule has 2 rings (SSSR count). The molecule has 1 unspecified atom stereocenters. The molecule has 3 N–H and O–H groups in total. The summed E-state index contributed by atoms with van der Waals surface area (Å²) in [6.07, 6.45) is 5.01. The van der Waals surface area contributed by atoms with Crippen molar-refractivity contribution in [2.24, 2.45) is 11.7 Å². The fraction of sp³-hybridized carbons (Fsp3) is 0.583. The smallest absolute Gasteiger partial charge is 0.301 e. The molecule has 1 saturated heterocycles. The van der Waals surface area contributed by atoms with Gasteiger partial charge in [-0.2, -0.15) is 12.7 Å². The zero-order valence-corrected chi connectivity index (χ0v) is 11.9. The predicted octanol–water partition coefficient (Wildman–Crippen LogP) is 0.717. The maximum absolute atomic E-state index is 12.3. The highest BCUT2D eigenvalue weighted by molar-refractivity contribution is 7.90. The van der Waals surface area contributed by atoms with Crippen LogP contribution in [0.15, 0.2) is 18.5 Å². The average Bonchev–Trinajstić information content (AvgIpc) is 2.41.